The Morgan fingerprint density at radius 1 is 0.963 bits per heavy atom. The summed E-state index contributed by atoms with van der Waals surface area (Å²) >= 11 is 0. The smallest absolute Gasteiger partial charge is 0.167 e. The zero-order valence-electron chi connectivity index (χ0n) is 16.4. The van der Waals surface area contributed by atoms with Crippen molar-refractivity contribution in [2.75, 3.05) is 17.7 Å². The van der Waals surface area contributed by atoms with Gasteiger partial charge in [0.15, 0.2) is 6.29 Å². The summed E-state index contributed by atoms with van der Waals surface area (Å²) in [7, 11) is 1.87. The number of nitrogens with zero attached hydrogens (tertiary/aromatic N) is 1. The van der Waals surface area contributed by atoms with Gasteiger partial charge in [-0.05, 0) is 37.3 Å². The molecule has 0 radical (unpaired) electrons. The number of allylic oxidation sites excluding steroid dienone is 2. The van der Waals surface area contributed by atoms with Gasteiger partial charge in [0.2, 0.25) is 0 Å². The monoisotopic (exact) mass is 364 g/mol. The highest BCUT2D eigenvalue weighted by molar-refractivity contribution is 5.80. The molecule has 142 valence electrons. The minimum absolute atomic E-state index is 0.226. The summed E-state index contributed by atoms with van der Waals surface area (Å²) in [6, 6.07) is 21.7. The van der Waals surface area contributed by atoms with Crippen LogP contribution in [0, 0.1) is 0 Å². The topological polar surface area (TPSA) is 80.0 Å². The fraction of sp³-hybridized carbons (Fsp3) is 0.182. The van der Waals surface area contributed by atoms with Gasteiger partial charge in [0.05, 0.1) is 11.2 Å². The highest BCUT2D eigenvalue weighted by Crippen LogP contribution is 2.13. The molecule has 0 aliphatic rings. The van der Waals surface area contributed by atoms with Crippen LogP contribution in [0.1, 0.15) is 20.8 Å². The first-order valence-electron chi connectivity index (χ1n) is 8.91. The van der Waals surface area contributed by atoms with E-state index in [0.717, 1.165) is 17.0 Å². The quantitative estimate of drug-likeness (QED) is 0.458. The lowest BCUT2D eigenvalue weighted by atomic mass is 10.2. The molecule has 1 aromatic heterocycles. The second-order valence-electron chi connectivity index (χ2n) is 5.33. The van der Waals surface area contributed by atoms with Crippen LogP contribution in [-0.2, 0) is 4.79 Å². The second-order valence-corrected chi connectivity index (χ2v) is 5.33. The van der Waals surface area contributed by atoms with Gasteiger partial charge < -0.3 is 16.4 Å². The van der Waals surface area contributed by atoms with Crippen LogP contribution < -0.4 is 16.4 Å². The molecule has 0 saturated carbocycles. The van der Waals surface area contributed by atoms with Crippen LogP contribution >= 0.6 is 0 Å². The van der Waals surface area contributed by atoms with E-state index in [4.69, 9.17) is 5.73 Å². The number of para-hydroxylation sites is 2. The number of aldehydes is 1. The molecule has 2 aromatic carbocycles. The van der Waals surface area contributed by atoms with Gasteiger partial charge in [0.25, 0.3) is 0 Å². The van der Waals surface area contributed by atoms with E-state index < -0.39 is 0 Å². The van der Waals surface area contributed by atoms with Gasteiger partial charge in [-0.25, -0.2) is 4.98 Å². The summed E-state index contributed by atoms with van der Waals surface area (Å²) in [5.74, 6) is 0.911. The number of anilines is 2. The zero-order valence-corrected chi connectivity index (χ0v) is 16.4. The molecule has 0 aliphatic heterocycles. The SMILES string of the molecule is C/C(Nc1ccccc1)=C(/N)C=O.CC.CNc1ccc2ccccc2n1. The zero-order chi connectivity index (χ0) is 20.1. The van der Waals surface area contributed by atoms with Gasteiger partial charge in [-0.15, -0.1) is 0 Å². The number of rotatable bonds is 4. The normalized spacial score (nSPS) is 10.4. The Morgan fingerprint density at radius 3 is 2.22 bits per heavy atom. The van der Waals surface area contributed by atoms with Crippen LogP contribution in [0.4, 0.5) is 11.5 Å². The predicted molar refractivity (Wildman–Crippen MR) is 116 cm³/mol. The van der Waals surface area contributed by atoms with Crippen LogP contribution in [0.25, 0.3) is 10.9 Å². The molecule has 3 aromatic rings. The maximum absolute atomic E-state index is 10.3. The standard InChI is InChI=1S/C10H12N2O.C10H10N2.C2H6/c1-8(10(11)7-13)12-9-5-3-2-4-6-9;1-11-10-7-6-8-4-2-3-5-9(8)12-10;1-2/h2-7,12H,11H2,1H3;2-7H,1H3,(H,11,12);1-2H3/b10-8-;;. The van der Waals surface area contributed by atoms with Crippen molar-refractivity contribution >= 4 is 28.7 Å². The summed E-state index contributed by atoms with van der Waals surface area (Å²) < 4.78 is 0. The molecule has 0 atom stereocenters. The number of nitrogens with two attached hydrogens (primary N) is 1. The molecule has 0 spiro atoms. The first-order chi connectivity index (χ1) is 13.1. The summed E-state index contributed by atoms with van der Waals surface area (Å²) in [5, 5.41) is 7.20. The van der Waals surface area contributed by atoms with Gasteiger partial charge >= 0.3 is 0 Å². The van der Waals surface area contributed by atoms with Gasteiger partial charge in [-0.2, -0.15) is 0 Å². The van der Waals surface area contributed by atoms with E-state index >= 15 is 0 Å². The van der Waals surface area contributed by atoms with Crippen molar-refractivity contribution < 1.29 is 4.79 Å². The largest absolute Gasteiger partial charge is 0.395 e. The van der Waals surface area contributed by atoms with Gasteiger partial charge in [-0.3, -0.25) is 4.79 Å². The first-order valence-corrected chi connectivity index (χ1v) is 8.91. The van der Waals surface area contributed by atoms with Gasteiger partial charge in [0.1, 0.15) is 5.82 Å². The third kappa shape index (κ3) is 7.20. The fourth-order valence-corrected chi connectivity index (χ4v) is 2.10. The predicted octanol–water partition coefficient (Wildman–Crippen LogP) is 4.79. The third-order valence-corrected chi connectivity index (χ3v) is 3.52. The van der Waals surface area contributed by atoms with Crippen molar-refractivity contribution in [2.45, 2.75) is 20.8 Å². The first kappa shape index (κ1) is 21.7. The number of pyridine rings is 1. The number of nitrogens with one attached hydrogen (secondary N) is 2. The van der Waals surface area contributed by atoms with E-state index in [0.29, 0.717) is 12.0 Å². The van der Waals surface area contributed by atoms with Crippen molar-refractivity contribution in [3.63, 3.8) is 0 Å². The maximum Gasteiger partial charge on any atom is 0.167 e. The molecule has 0 aliphatic carbocycles. The van der Waals surface area contributed by atoms with E-state index in [1.807, 2.05) is 75.5 Å². The lowest BCUT2D eigenvalue weighted by molar-refractivity contribution is -0.105. The van der Waals surface area contributed by atoms with Crippen LogP contribution in [0.2, 0.25) is 0 Å². The highest BCUT2D eigenvalue weighted by atomic mass is 16.1. The maximum atomic E-state index is 10.3. The average Bonchev–Trinajstić information content (AvgIpc) is 2.75. The van der Waals surface area contributed by atoms with Crippen molar-refractivity contribution in [3.05, 3.63) is 78.1 Å². The number of fused-ring (bicyclic) bond motifs is 1. The molecule has 0 fully saturated rings. The lowest BCUT2D eigenvalue weighted by Crippen LogP contribution is -2.08. The van der Waals surface area contributed by atoms with Crippen LogP contribution in [0.3, 0.4) is 0 Å². The second kappa shape index (κ2) is 12.1. The number of hydrogen-bond donors (Lipinski definition) is 3. The molecule has 4 N–H and O–H groups in total. The Kier molecular flexibility index (Phi) is 9.71. The molecule has 3 rings (SSSR count). The molecule has 27 heavy (non-hydrogen) atoms. The van der Waals surface area contributed by atoms with Crippen molar-refractivity contribution in [1.29, 1.82) is 0 Å². The van der Waals surface area contributed by atoms with Gasteiger partial charge in [0, 0.05) is 23.8 Å². The number of carbonyl (C=O) groups excluding carboxylic acids is 1. The average molecular weight is 364 g/mol. The molecule has 0 unspecified atom stereocenters. The summed E-state index contributed by atoms with van der Waals surface area (Å²) in [6.07, 6.45) is 0.630. The summed E-state index contributed by atoms with van der Waals surface area (Å²) in [5.41, 5.74) is 8.26. The number of aromatic nitrogens is 1. The molecule has 1 heterocycles. The van der Waals surface area contributed by atoms with Crippen molar-refractivity contribution in [1.82, 2.24) is 4.98 Å². The Morgan fingerprint density at radius 2 is 1.59 bits per heavy atom. The molecular weight excluding hydrogens is 336 g/mol. The summed E-state index contributed by atoms with van der Waals surface area (Å²) in [4.78, 5) is 14.7. The van der Waals surface area contributed by atoms with E-state index in [1.165, 1.54) is 5.39 Å². The van der Waals surface area contributed by atoms with Gasteiger partial charge in [-0.1, -0.05) is 50.2 Å². The Balaban J connectivity index is 0.000000248. The molecular formula is C22H28N4O. The molecule has 5 heteroatoms. The van der Waals surface area contributed by atoms with Crippen molar-refractivity contribution in [2.24, 2.45) is 5.73 Å². The van der Waals surface area contributed by atoms with E-state index in [-0.39, 0.29) is 5.70 Å². The molecule has 0 saturated heterocycles. The van der Waals surface area contributed by atoms with Crippen LogP contribution in [0.15, 0.2) is 78.1 Å². The van der Waals surface area contributed by atoms with E-state index in [9.17, 15) is 4.79 Å². The van der Waals surface area contributed by atoms with Crippen LogP contribution in [-0.4, -0.2) is 18.3 Å². The van der Waals surface area contributed by atoms with Crippen molar-refractivity contribution in [3.8, 4) is 0 Å². The molecule has 5 nitrogen and oxygen atoms in total. The number of carbonyl (C=O) groups is 1. The highest BCUT2D eigenvalue weighted by Gasteiger charge is 1.96. The Hall–Kier alpha value is -3.34. The summed E-state index contributed by atoms with van der Waals surface area (Å²) in [6.45, 7) is 5.76. The number of hydrogen-bond acceptors (Lipinski definition) is 5. The minimum Gasteiger partial charge on any atom is -0.395 e. The molecule has 0 amide bonds. The van der Waals surface area contributed by atoms with E-state index in [1.54, 1.807) is 6.92 Å². The Labute approximate surface area is 161 Å². The number of benzene rings is 2. The Bertz CT molecular complexity index is 860. The van der Waals surface area contributed by atoms with E-state index in [2.05, 4.69) is 27.8 Å². The minimum atomic E-state index is 0.226. The third-order valence-electron chi connectivity index (χ3n) is 3.52. The molecule has 0 bridgehead atoms. The van der Waals surface area contributed by atoms with Crippen LogP contribution in [0.5, 0.6) is 0 Å². The fourth-order valence-electron chi connectivity index (χ4n) is 2.10. The lowest BCUT2D eigenvalue weighted by Gasteiger charge is -2.06.